The number of benzene rings is 2. The molecule has 0 radical (unpaired) electrons. The van der Waals surface area contributed by atoms with E-state index in [0.29, 0.717) is 5.02 Å². The molecule has 0 aromatic heterocycles. The van der Waals surface area contributed by atoms with Gasteiger partial charge < -0.3 is 0 Å². The molecule has 92 valence electrons. The van der Waals surface area contributed by atoms with Crippen molar-refractivity contribution in [3.8, 4) is 0 Å². The second-order valence-electron chi connectivity index (χ2n) is 3.65. The van der Waals surface area contributed by atoms with Crippen molar-refractivity contribution < 1.29 is 0 Å². The van der Waals surface area contributed by atoms with Crippen molar-refractivity contribution in [1.29, 1.82) is 0 Å². The van der Waals surface area contributed by atoms with Crippen LogP contribution in [0.3, 0.4) is 0 Å². The molecule has 0 spiro atoms. The van der Waals surface area contributed by atoms with Crippen molar-refractivity contribution in [1.82, 2.24) is 0 Å². The average Bonchev–Trinajstić information content (AvgIpc) is 2.40. The predicted octanol–water partition coefficient (Wildman–Crippen LogP) is 4.51. The van der Waals surface area contributed by atoms with Crippen LogP contribution in [-0.2, 0) is 0 Å². The quantitative estimate of drug-likeness (QED) is 0.505. The van der Waals surface area contributed by atoms with E-state index in [0.717, 1.165) is 11.3 Å². The fourth-order valence-corrected chi connectivity index (χ4v) is 2.03. The van der Waals surface area contributed by atoms with Crippen molar-refractivity contribution in [3.05, 3.63) is 59.1 Å². The van der Waals surface area contributed by atoms with Crippen LogP contribution in [0.4, 0.5) is 5.69 Å². The molecular weight excluding hydrogens is 264 g/mol. The van der Waals surface area contributed by atoms with Crippen LogP contribution < -0.4 is 5.43 Å². The Kier molecular flexibility index (Phi) is 4.67. The molecule has 0 aliphatic rings. The largest absolute Gasteiger partial charge is 0.278 e. The Labute approximate surface area is 116 Å². The van der Waals surface area contributed by atoms with Gasteiger partial charge in [-0.15, -0.1) is 11.8 Å². The van der Waals surface area contributed by atoms with Crippen LogP contribution in [0, 0.1) is 0 Å². The van der Waals surface area contributed by atoms with E-state index in [1.165, 1.54) is 4.90 Å². The molecule has 0 saturated heterocycles. The van der Waals surface area contributed by atoms with Crippen LogP contribution in [-0.4, -0.2) is 12.5 Å². The third-order valence-corrected chi connectivity index (χ3v) is 3.33. The molecule has 0 amide bonds. The zero-order valence-corrected chi connectivity index (χ0v) is 11.5. The normalized spacial score (nSPS) is 10.8. The van der Waals surface area contributed by atoms with Crippen LogP contribution in [0.2, 0.25) is 5.02 Å². The summed E-state index contributed by atoms with van der Waals surface area (Å²) in [6, 6.07) is 15.7. The van der Waals surface area contributed by atoms with E-state index in [1.807, 2.05) is 36.4 Å². The van der Waals surface area contributed by atoms with E-state index in [2.05, 4.69) is 28.9 Å². The second kappa shape index (κ2) is 6.47. The summed E-state index contributed by atoms with van der Waals surface area (Å²) in [7, 11) is 0. The highest BCUT2D eigenvalue weighted by molar-refractivity contribution is 7.98. The predicted molar refractivity (Wildman–Crippen MR) is 80.9 cm³/mol. The van der Waals surface area contributed by atoms with E-state index >= 15 is 0 Å². The van der Waals surface area contributed by atoms with Crippen molar-refractivity contribution in [2.24, 2.45) is 5.10 Å². The van der Waals surface area contributed by atoms with E-state index in [-0.39, 0.29) is 0 Å². The number of halogens is 1. The fraction of sp³-hybridized carbons (Fsp3) is 0.0714. The number of hydrogen-bond acceptors (Lipinski definition) is 3. The lowest BCUT2D eigenvalue weighted by Gasteiger charge is -2.00. The molecule has 1 N–H and O–H groups in total. The highest BCUT2D eigenvalue weighted by atomic mass is 35.5. The van der Waals surface area contributed by atoms with Gasteiger partial charge in [-0.05, 0) is 42.2 Å². The summed E-state index contributed by atoms with van der Waals surface area (Å²) in [5, 5.41) is 4.86. The summed E-state index contributed by atoms with van der Waals surface area (Å²) >= 11 is 7.60. The van der Waals surface area contributed by atoms with Crippen molar-refractivity contribution in [2.75, 3.05) is 11.7 Å². The number of hydrogen-bond donors (Lipinski definition) is 1. The maximum atomic E-state index is 5.88. The number of nitrogens with zero attached hydrogens (tertiary/aromatic N) is 1. The van der Waals surface area contributed by atoms with Crippen LogP contribution in [0.25, 0.3) is 0 Å². The molecule has 2 rings (SSSR count). The van der Waals surface area contributed by atoms with Gasteiger partial charge in [0.15, 0.2) is 0 Å². The standard InChI is InChI=1S/C14H13ClN2S/c1-18-14-7-5-11(6-8-14)10-16-17-13-4-2-3-12(15)9-13/h2-10,17H,1H3. The van der Waals surface area contributed by atoms with Gasteiger partial charge in [-0.25, -0.2) is 0 Å². The lowest BCUT2D eigenvalue weighted by atomic mass is 10.2. The molecule has 0 heterocycles. The molecule has 2 nitrogen and oxygen atoms in total. The number of anilines is 1. The minimum absolute atomic E-state index is 0.694. The Hall–Kier alpha value is -1.45. The van der Waals surface area contributed by atoms with E-state index in [4.69, 9.17) is 11.6 Å². The van der Waals surface area contributed by atoms with Gasteiger partial charge in [0.2, 0.25) is 0 Å². The first-order valence-corrected chi connectivity index (χ1v) is 7.07. The Bertz CT molecular complexity index is 538. The minimum atomic E-state index is 0.694. The summed E-state index contributed by atoms with van der Waals surface area (Å²) in [5.74, 6) is 0. The molecule has 0 unspecified atom stereocenters. The fourth-order valence-electron chi connectivity index (χ4n) is 1.43. The molecule has 2 aromatic carbocycles. The molecule has 0 fully saturated rings. The zero-order chi connectivity index (χ0) is 12.8. The van der Waals surface area contributed by atoms with E-state index in [9.17, 15) is 0 Å². The lowest BCUT2D eigenvalue weighted by molar-refractivity contribution is 1.35. The summed E-state index contributed by atoms with van der Waals surface area (Å²) in [5.41, 5.74) is 4.87. The Morgan fingerprint density at radius 3 is 2.61 bits per heavy atom. The van der Waals surface area contributed by atoms with Gasteiger partial charge in [0.05, 0.1) is 11.9 Å². The lowest BCUT2D eigenvalue weighted by Crippen LogP contribution is -1.90. The van der Waals surface area contributed by atoms with E-state index < -0.39 is 0 Å². The van der Waals surface area contributed by atoms with Crippen LogP contribution in [0.5, 0.6) is 0 Å². The average molecular weight is 277 g/mol. The van der Waals surface area contributed by atoms with Gasteiger partial charge >= 0.3 is 0 Å². The molecular formula is C14H13ClN2S. The van der Waals surface area contributed by atoms with Crippen LogP contribution in [0.1, 0.15) is 5.56 Å². The van der Waals surface area contributed by atoms with Gasteiger partial charge in [-0.1, -0.05) is 29.8 Å². The molecule has 0 saturated carbocycles. The van der Waals surface area contributed by atoms with Gasteiger partial charge in [0, 0.05) is 9.92 Å². The summed E-state index contributed by atoms with van der Waals surface area (Å²) in [4.78, 5) is 1.25. The smallest absolute Gasteiger partial charge is 0.0576 e. The number of hydrazone groups is 1. The first-order chi connectivity index (χ1) is 8.78. The molecule has 0 aliphatic carbocycles. The maximum absolute atomic E-state index is 5.88. The summed E-state index contributed by atoms with van der Waals surface area (Å²) in [6.07, 6.45) is 3.84. The molecule has 4 heteroatoms. The van der Waals surface area contributed by atoms with Gasteiger partial charge in [0.25, 0.3) is 0 Å². The SMILES string of the molecule is CSc1ccc(C=NNc2cccc(Cl)c2)cc1. The van der Waals surface area contributed by atoms with Crippen LogP contribution >= 0.6 is 23.4 Å². The molecule has 2 aromatic rings. The monoisotopic (exact) mass is 276 g/mol. The number of thioether (sulfide) groups is 1. The van der Waals surface area contributed by atoms with Crippen molar-refractivity contribution in [3.63, 3.8) is 0 Å². The highest BCUT2D eigenvalue weighted by Crippen LogP contribution is 2.15. The molecule has 18 heavy (non-hydrogen) atoms. The Morgan fingerprint density at radius 2 is 1.94 bits per heavy atom. The first kappa shape index (κ1) is 13.0. The third-order valence-electron chi connectivity index (χ3n) is 2.35. The number of nitrogens with one attached hydrogen (secondary N) is 1. The number of rotatable bonds is 4. The maximum Gasteiger partial charge on any atom is 0.0576 e. The summed E-state index contributed by atoms with van der Waals surface area (Å²) in [6.45, 7) is 0. The third kappa shape index (κ3) is 3.79. The minimum Gasteiger partial charge on any atom is -0.278 e. The zero-order valence-electron chi connectivity index (χ0n) is 9.93. The Balaban J connectivity index is 1.98. The van der Waals surface area contributed by atoms with Gasteiger partial charge in [-0.2, -0.15) is 5.10 Å². The highest BCUT2D eigenvalue weighted by Gasteiger charge is 1.92. The molecule has 0 bridgehead atoms. The van der Waals surface area contributed by atoms with Crippen molar-refractivity contribution >= 4 is 35.3 Å². The summed E-state index contributed by atoms with van der Waals surface area (Å²) < 4.78 is 0. The van der Waals surface area contributed by atoms with E-state index in [1.54, 1.807) is 18.0 Å². The van der Waals surface area contributed by atoms with Crippen molar-refractivity contribution in [2.45, 2.75) is 4.90 Å². The van der Waals surface area contributed by atoms with Crippen LogP contribution in [0.15, 0.2) is 58.5 Å². The second-order valence-corrected chi connectivity index (χ2v) is 4.97. The van der Waals surface area contributed by atoms with Gasteiger partial charge in [0.1, 0.15) is 0 Å². The molecule has 0 atom stereocenters. The topological polar surface area (TPSA) is 24.4 Å². The molecule has 0 aliphatic heterocycles. The Morgan fingerprint density at radius 1 is 1.17 bits per heavy atom. The first-order valence-electron chi connectivity index (χ1n) is 5.46. The van der Waals surface area contributed by atoms with Gasteiger partial charge in [-0.3, -0.25) is 5.43 Å².